The molecule has 18 heavy (non-hydrogen) atoms. The maximum Gasteiger partial charge on any atom is 0.342 e. The smallest absolute Gasteiger partial charge is 0.342 e. The van der Waals surface area contributed by atoms with E-state index in [1.165, 1.54) is 0 Å². The second-order valence-electron chi connectivity index (χ2n) is 4.02. The molecule has 1 rings (SSSR count). The molecule has 2 atom stereocenters. The lowest BCUT2D eigenvalue weighted by molar-refractivity contribution is -0.149. The number of aryl methyl sites for hydroxylation is 2. The van der Waals surface area contributed by atoms with Gasteiger partial charge in [0.1, 0.15) is 0 Å². The van der Waals surface area contributed by atoms with Crippen LogP contribution in [0.15, 0.2) is 18.2 Å². The number of carbonyl (C=O) groups excluding carboxylic acids is 1. The summed E-state index contributed by atoms with van der Waals surface area (Å²) in [6.07, 6.45) is -1.82. The molecule has 0 heterocycles. The Morgan fingerprint density at radius 3 is 2.50 bits per heavy atom. The first-order valence-electron chi connectivity index (χ1n) is 5.60. The quantitative estimate of drug-likeness (QED) is 0.860. The van der Waals surface area contributed by atoms with Crippen LogP contribution in [0.2, 0.25) is 0 Å². The lowest BCUT2D eigenvalue weighted by Crippen LogP contribution is -2.31. The van der Waals surface area contributed by atoms with Crippen LogP contribution in [0.4, 0.5) is 4.39 Å². The van der Waals surface area contributed by atoms with Gasteiger partial charge in [0.25, 0.3) is 0 Å². The van der Waals surface area contributed by atoms with Crippen LogP contribution in [0.25, 0.3) is 0 Å². The van der Waals surface area contributed by atoms with E-state index in [0.717, 1.165) is 11.1 Å². The maximum atomic E-state index is 13.7. The van der Waals surface area contributed by atoms with Gasteiger partial charge in [-0.25, -0.2) is 9.18 Å². The van der Waals surface area contributed by atoms with Crippen molar-refractivity contribution in [1.82, 2.24) is 0 Å². The molecule has 0 saturated carbocycles. The first-order chi connectivity index (χ1) is 7.97. The fourth-order valence-electron chi connectivity index (χ4n) is 1.51. The zero-order chi connectivity index (χ0) is 13.0. The van der Waals surface area contributed by atoms with Gasteiger partial charge in [-0.15, -0.1) is 12.4 Å². The van der Waals surface area contributed by atoms with Crippen LogP contribution < -0.4 is 5.73 Å². The molecule has 0 amide bonds. The summed E-state index contributed by atoms with van der Waals surface area (Å²) in [7, 11) is 0. The van der Waals surface area contributed by atoms with E-state index in [0.29, 0.717) is 5.56 Å². The van der Waals surface area contributed by atoms with E-state index in [-0.39, 0.29) is 19.0 Å². The lowest BCUT2D eigenvalue weighted by Gasteiger charge is -2.16. The standard InChI is InChI=1S/C13H18FNO2.ClH/c1-4-17-13(16)11(14)12(15)10-6-5-8(2)9(3)7-10;/h5-7,11-12H,4,15H2,1-3H3;1H/t11?,12-;/m0./s1. The number of hydrogen-bond acceptors (Lipinski definition) is 3. The van der Waals surface area contributed by atoms with E-state index in [1.54, 1.807) is 19.1 Å². The number of nitrogens with two attached hydrogens (primary N) is 1. The molecule has 2 N–H and O–H groups in total. The fraction of sp³-hybridized carbons (Fsp3) is 0.462. The van der Waals surface area contributed by atoms with Gasteiger partial charge < -0.3 is 10.5 Å². The molecular formula is C13H19ClFNO2. The second kappa shape index (κ2) is 7.34. The van der Waals surface area contributed by atoms with Crippen molar-refractivity contribution in [1.29, 1.82) is 0 Å². The Bertz CT molecular complexity index is 412. The first-order valence-corrected chi connectivity index (χ1v) is 5.60. The minimum Gasteiger partial charge on any atom is -0.464 e. The molecule has 0 saturated heterocycles. The molecule has 1 aromatic rings. The van der Waals surface area contributed by atoms with Gasteiger partial charge >= 0.3 is 5.97 Å². The largest absolute Gasteiger partial charge is 0.464 e. The third-order valence-electron chi connectivity index (χ3n) is 2.74. The van der Waals surface area contributed by atoms with Gasteiger partial charge in [-0.1, -0.05) is 18.2 Å². The van der Waals surface area contributed by atoms with Crippen LogP contribution in [0.1, 0.15) is 29.7 Å². The Hall–Kier alpha value is -1.13. The number of rotatable bonds is 4. The predicted octanol–water partition coefficient (Wildman–Crippen LogP) is 2.63. The summed E-state index contributed by atoms with van der Waals surface area (Å²) in [5.41, 5.74) is 8.44. The van der Waals surface area contributed by atoms with E-state index >= 15 is 0 Å². The van der Waals surface area contributed by atoms with E-state index < -0.39 is 18.2 Å². The minimum absolute atomic E-state index is 0. The monoisotopic (exact) mass is 275 g/mol. The number of alkyl halides is 1. The normalized spacial score (nSPS) is 13.4. The van der Waals surface area contributed by atoms with E-state index in [9.17, 15) is 9.18 Å². The lowest BCUT2D eigenvalue weighted by atomic mass is 9.99. The highest BCUT2D eigenvalue weighted by atomic mass is 35.5. The van der Waals surface area contributed by atoms with Gasteiger partial charge in [0, 0.05) is 0 Å². The molecule has 0 spiro atoms. The Kier molecular flexibility index (Phi) is 6.88. The van der Waals surface area contributed by atoms with Crippen molar-refractivity contribution in [3.05, 3.63) is 34.9 Å². The fourth-order valence-corrected chi connectivity index (χ4v) is 1.51. The summed E-state index contributed by atoms with van der Waals surface area (Å²) in [6, 6.07) is 4.42. The number of carbonyl (C=O) groups is 1. The molecule has 0 fully saturated rings. The zero-order valence-corrected chi connectivity index (χ0v) is 11.6. The molecule has 0 aliphatic carbocycles. The summed E-state index contributed by atoms with van der Waals surface area (Å²) in [6.45, 7) is 5.66. The second-order valence-corrected chi connectivity index (χ2v) is 4.02. The van der Waals surface area contributed by atoms with Crippen LogP contribution in [-0.4, -0.2) is 18.7 Å². The Labute approximate surface area is 113 Å². The van der Waals surface area contributed by atoms with Gasteiger partial charge in [0.15, 0.2) is 0 Å². The number of benzene rings is 1. The zero-order valence-electron chi connectivity index (χ0n) is 10.8. The van der Waals surface area contributed by atoms with Gasteiger partial charge in [-0.05, 0) is 37.5 Å². The van der Waals surface area contributed by atoms with Crippen molar-refractivity contribution < 1.29 is 13.9 Å². The van der Waals surface area contributed by atoms with Crippen molar-refractivity contribution in [2.45, 2.75) is 33.0 Å². The molecule has 1 aromatic carbocycles. The predicted molar refractivity (Wildman–Crippen MR) is 71.6 cm³/mol. The van der Waals surface area contributed by atoms with Crippen LogP contribution in [-0.2, 0) is 9.53 Å². The summed E-state index contributed by atoms with van der Waals surface area (Å²) < 4.78 is 18.3. The highest BCUT2D eigenvalue weighted by Gasteiger charge is 2.27. The van der Waals surface area contributed by atoms with Gasteiger partial charge in [0.05, 0.1) is 12.6 Å². The average molecular weight is 276 g/mol. The molecule has 5 heteroatoms. The molecule has 102 valence electrons. The third-order valence-corrected chi connectivity index (χ3v) is 2.74. The van der Waals surface area contributed by atoms with Crippen LogP contribution in [0.3, 0.4) is 0 Å². The number of hydrogen-bond donors (Lipinski definition) is 1. The van der Waals surface area contributed by atoms with Crippen LogP contribution in [0.5, 0.6) is 0 Å². The van der Waals surface area contributed by atoms with Crippen LogP contribution in [0, 0.1) is 13.8 Å². The van der Waals surface area contributed by atoms with Crippen LogP contribution >= 0.6 is 12.4 Å². The van der Waals surface area contributed by atoms with Gasteiger partial charge in [0.2, 0.25) is 6.17 Å². The molecule has 3 nitrogen and oxygen atoms in total. The van der Waals surface area contributed by atoms with E-state index in [2.05, 4.69) is 4.74 Å². The minimum atomic E-state index is -1.82. The maximum absolute atomic E-state index is 13.7. The molecular weight excluding hydrogens is 257 g/mol. The Balaban J connectivity index is 0.00000289. The average Bonchev–Trinajstić information content (AvgIpc) is 2.31. The first kappa shape index (κ1) is 16.9. The highest BCUT2D eigenvalue weighted by molar-refractivity contribution is 5.85. The molecule has 0 aromatic heterocycles. The van der Waals surface area contributed by atoms with E-state index in [1.807, 2.05) is 19.9 Å². The SMILES string of the molecule is CCOC(=O)C(F)[C@@H](N)c1ccc(C)c(C)c1.Cl. The van der Waals surface area contributed by atoms with E-state index in [4.69, 9.17) is 5.73 Å². The van der Waals surface area contributed by atoms with Crippen molar-refractivity contribution in [2.24, 2.45) is 5.73 Å². The molecule has 0 bridgehead atoms. The van der Waals surface area contributed by atoms with Crippen molar-refractivity contribution >= 4 is 18.4 Å². The summed E-state index contributed by atoms with van der Waals surface area (Å²) in [5, 5.41) is 0. The third kappa shape index (κ3) is 3.96. The van der Waals surface area contributed by atoms with Crippen molar-refractivity contribution in [2.75, 3.05) is 6.61 Å². The summed E-state index contributed by atoms with van der Waals surface area (Å²) >= 11 is 0. The van der Waals surface area contributed by atoms with Crippen molar-refractivity contribution in [3.8, 4) is 0 Å². The Morgan fingerprint density at radius 1 is 1.39 bits per heavy atom. The molecule has 0 radical (unpaired) electrons. The highest BCUT2D eigenvalue weighted by Crippen LogP contribution is 2.20. The number of halogens is 2. The van der Waals surface area contributed by atoms with Crippen molar-refractivity contribution in [3.63, 3.8) is 0 Å². The molecule has 0 aliphatic heterocycles. The van der Waals surface area contributed by atoms with Gasteiger partial charge in [-0.3, -0.25) is 0 Å². The number of ether oxygens (including phenoxy) is 1. The van der Waals surface area contributed by atoms with Gasteiger partial charge in [-0.2, -0.15) is 0 Å². The summed E-state index contributed by atoms with van der Waals surface area (Å²) in [5.74, 6) is -0.904. The Morgan fingerprint density at radius 2 is 2.00 bits per heavy atom. The topological polar surface area (TPSA) is 52.3 Å². The molecule has 0 aliphatic rings. The number of esters is 1. The summed E-state index contributed by atoms with van der Waals surface area (Å²) in [4.78, 5) is 11.2. The molecule has 1 unspecified atom stereocenters.